The van der Waals surface area contributed by atoms with Gasteiger partial charge >= 0.3 is 5.97 Å². The summed E-state index contributed by atoms with van der Waals surface area (Å²) in [7, 11) is 1.33. The molecule has 0 radical (unpaired) electrons. The van der Waals surface area contributed by atoms with Crippen molar-refractivity contribution >= 4 is 58.2 Å². The molecule has 186 valence electrons. The minimum atomic E-state index is -0.472. The molecule has 10 heteroatoms. The molecule has 1 aromatic heterocycles. The van der Waals surface area contributed by atoms with Gasteiger partial charge in [-0.05, 0) is 55.2 Å². The third-order valence-electron chi connectivity index (χ3n) is 5.70. The number of aromatic nitrogens is 1. The van der Waals surface area contributed by atoms with Crippen molar-refractivity contribution in [1.82, 2.24) is 10.3 Å². The third-order valence-corrected chi connectivity index (χ3v) is 7.38. The number of ether oxygens (including phenoxy) is 1. The Bertz CT molecular complexity index is 1380. The summed E-state index contributed by atoms with van der Waals surface area (Å²) in [6.45, 7) is 3.80. The smallest absolute Gasteiger partial charge is 0.339 e. The molecule has 1 aliphatic heterocycles. The summed E-state index contributed by atoms with van der Waals surface area (Å²) in [5, 5.41) is 12.4. The van der Waals surface area contributed by atoms with Gasteiger partial charge < -0.3 is 15.0 Å². The number of amides is 1. The van der Waals surface area contributed by atoms with E-state index in [1.54, 1.807) is 25.1 Å². The van der Waals surface area contributed by atoms with Crippen LogP contribution >= 0.6 is 35.0 Å². The maximum atomic E-state index is 12.5. The summed E-state index contributed by atoms with van der Waals surface area (Å²) >= 11 is 13.9. The van der Waals surface area contributed by atoms with Crippen LogP contribution in [0.5, 0.6) is 0 Å². The predicted molar refractivity (Wildman–Crippen MR) is 146 cm³/mol. The summed E-state index contributed by atoms with van der Waals surface area (Å²) in [4.78, 5) is 28.1. The van der Waals surface area contributed by atoms with E-state index in [2.05, 4.69) is 26.6 Å². The van der Waals surface area contributed by atoms with Gasteiger partial charge in [-0.1, -0.05) is 64.8 Å². The quantitative estimate of drug-likeness (QED) is 0.234. The predicted octanol–water partition coefficient (Wildman–Crippen LogP) is 5.48. The lowest BCUT2D eigenvalue weighted by molar-refractivity contribution is -0.118. The maximum absolute atomic E-state index is 12.5. The van der Waals surface area contributed by atoms with Gasteiger partial charge in [0.25, 0.3) is 0 Å². The summed E-state index contributed by atoms with van der Waals surface area (Å²) in [6, 6.07) is 13.3. The molecule has 0 unspecified atom stereocenters. The van der Waals surface area contributed by atoms with Crippen LogP contribution in [-0.2, 0) is 22.4 Å². The van der Waals surface area contributed by atoms with Crippen LogP contribution in [0, 0.1) is 13.8 Å². The highest BCUT2D eigenvalue weighted by Gasteiger charge is 2.30. The molecule has 0 aliphatic carbocycles. The number of aryl methyl sites for hydroxylation is 2. The van der Waals surface area contributed by atoms with Crippen molar-refractivity contribution in [1.29, 1.82) is 0 Å². The van der Waals surface area contributed by atoms with Gasteiger partial charge in [-0.25, -0.2) is 4.79 Å². The van der Waals surface area contributed by atoms with Gasteiger partial charge in [0.1, 0.15) is 0 Å². The minimum absolute atomic E-state index is 0.101. The number of amidine groups is 1. The second-order valence-electron chi connectivity index (χ2n) is 8.36. The van der Waals surface area contributed by atoms with Crippen molar-refractivity contribution in [3.63, 3.8) is 0 Å². The van der Waals surface area contributed by atoms with Gasteiger partial charge in [0.2, 0.25) is 5.91 Å². The first kappa shape index (κ1) is 26.0. The van der Waals surface area contributed by atoms with E-state index in [0.717, 1.165) is 16.7 Å². The molecule has 0 saturated carbocycles. The van der Waals surface area contributed by atoms with Crippen LogP contribution in [0.1, 0.15) is 44.0 Å². The number of benzene rings is 2. The summed E-state index contributed by atoms with van der Waals surface area (Å²) in [6.07, 6.45) is 2.45. The molecule has 36 heavy (non-hydrogen) atoms. The lowest BCUT2D eigenvalue weighted by atomic mass is 10.00. The normalized spacial score (nSPS) is 16.6. The third kappa shape index (κ3) is 6.00. The van der Waals surface area contributed by atoms with Crippen LogP contribution in [0.25, 0.3) is 0 Å². The van der Waals surface area contributed by atoms with Crippen LogP contribution in [0.4, 0.5) is 0 Å². The Labute approximate surface area is 223 Å². The number of nitrogens with one attached hydrogen (secondary N) is 2. The number of methoxy groups -OCH3 is 1. The van der Waals surface area contributed by atoms with Crippen molar-refractivity contribution in [2.45, 2.75) is 31.9 Å². The molecule has 4 rings (SSSR count). The topological polar surface area (TPSA) is 95.9 Å². The first-order chi connectivity index (χ1) is 17.2. The fourth-order valence-corrected chi connectivity index (χ4v) is 5.37. The van der Waals surface area contributed by atoms with E-state index < -0.39 is 5.97 Å². The zero-order valence-corrected chi connectivity index (χ0v) is 22.2. The van der Waals surface area contributed by atoms with Crippen LogP contribution in [0.2, 0.25) is 10.0 Å². The molecular weight excluding hydrogens is 519 g/mol. The van der Waals surface area contributed by atoms with Gasteiger partial charge in [-0.3, -0.25) is 4.79 Å². The summed E-state index contributed by atoms with van der Waals surface area (Å²) in [5.41, 5.74) is 5.28. The molecule has 7 nitrogen and oxygen atoms in total. The van der Waals surface area contributed by atoms with Crippen LogP contribution < -0.4 is 5.32 Å². The van der Waals surface area contributed by atoms with E-state index in [9.17, 15) is 9.59 Å². The lowest BCUT2D eigenvalue weighted by Crippen LogP contribution is -2.25. The molecule has 2 N–H and O–H groups in total. The summed E-state index contributed by atoms with van der Waals surface area (Å²) < 4.78 is 4.99. The van der Waals surface area contributed by atoms with E-state index >= 15 is 0 Å². The lowest BCUT2D eigenvalue weighted by Gasteiger charge is -2.08. The van der Waals surface area contributed by atoms with Gasteiger partial charge in [0, 0.05) is 22.2 Å². The number of thioether (sulfide) groups is 1. The van der Waals surface area contributed by atoms with E-state index in [1.807, 2.05) is 25.1 Å². The Morgan fingerprint density at radius 3 is 2.75 bits per heavy atom. The highest BCUT2D eigenvalue weighted by Crippen LogP contribution is 2.28. The van der Waals surface area contributed by atoms with E-state index in [0.29, 0.717) is 50.6 Å². The number of halogens is 2. The zero-order chi connectivity index (χ0) is 25.8. The van der Waals surface area contributed by atoms with Crippen molar-refractivity contribution in [3.8, 4) is 0 Å². The van der Waals surface area contributed by atoms with Gasteiger partial charge in [-0.15, -0.1) is 5.10 Å². The maximum Gasteiger partial charge on any atom is 0.339 e. The van der Waals surface area contributed by atoms with Crippen molar-refractivity contribution < 1.29 is 14.3 Å². The van der Waals surface area contributed by atoms with Crippen molar-refractivity contribution in [2.75, 3.05) is 7.11 Å². The first-order valence-electron chi connectivity index (χ1n) is 11.1. The van der Waals surface area contributed by atoms with Gasteiger partial charge in [-0.2, -0.15) is 5.10 Å². The molecule has 1 atom stereocenters. The largest absolute Gasteiger partial charge is 0.465 e. The average molecular weight is 543 g/mol. The Balaban J connectivity index is 1.56. The highest BCUT2D eigenvalue weighted by atomic mass is 35.5. The van der Waals surface area contributed by atoms with Crippen LogP contribution in [-0.4, -0.2) is 40.6 Å². The first-order valence-corrected chi connectivity index (χ1v) is 12.8. The van der Waals surface area contributed by atoms with Crippen LogP contribution in [0.3, 0.4) is 0 Å². The molecule has 1 amide bonds. The van der Waals surface area contributed by atoms with Crippen molar-refractivity contribution in [2.24, 2.45) is 10.2 Å². The Morgan fingerprint density at radius 1 is 1.19 bits per heavy atom. The van der Waals surface area contributed by atoms with E-state index in [-0.39, 0.29) is 11.2 Å². The number of nitrogens with zero attached hydrogens (tertiary/aromatic N) is 2. The number of hydrogen-bond acceptors (Lipinski definition) is 6. The molecule has 1 saturated heterocycles. The van der Waals surface area contributed by atoms with E-state index in [1.165, 1.54) is 25.1 Å². The van der Waals surface area contributed by atoms with Gasteiger partial charge in [0.15, 0.2) is 5.17 Å². The number of carbonyl (C=O) groups excluding carboxylic acids is 2. The molecule has 2 heterocycles. The Morgan fingerprint density at radius 2 is 2.00 bits per heavy atom. The fraction of sp³-hybridized carbons (Fsp3) is 0.231. The van der Waals surface area contributed by atoms with Gasteiger partial charge in [0.05, 0.1) is 29.8 Å². The average Bonchev–Trinajstić information content (AvgIpc) is 3.34. The van der Waals surface area contributed by atoms with Crippen molar-refractivity contribution in [3.05, 3.63) is 91.7 Å². The minimum Gasteiger partial charge on any atom is -0.465 e. The molecule has 3 aromatic rings. The van der Waals surface area contributed by atoms with Crippen LogP contribution in [0.15, 0.2) is 52.7 Å². The molecule has 0 bridgehead atoms. The number of carbonyl (C=O) groups is 2. The SMILES string of the molecule is COC(=O)c1c(C)[nH]c(/C=N\N=C2\NC(=O)[C@@H](Cc3cccc(C)c3)S2)c1Cc1cc(Cl)ccc1Cl. The number of H-pyrrole nitrogens is 1. The standard InChI is InChI=1S/C26H24Cl2N4O3S/c1-14-5-4-6-16(9-14)10-22-24(33)31-26(36-22)32-29-13-21-19(23(15(2)30-21)25(34)35-3)12-17-11-18(27)7-8-20(17)28/h4-9,11,13,22,30H,10,12H2,1-3H3,(H,31,32,33)/b29-13-/t22-/m1/s1. The number of esters is 1. The molecule has 1 aliphatic rings. The number of rotatable bonds is 7. The number of hydrogen-bond donors (Lipinski definition) is 2. The number of aromatic amines is 1. The summed E-state index contributed by atoms with van der Waals surface area (Å²) in [5.74, 6) is -0.573. The van der Waals surface area contributed by atoms with E-state index in [4.69, 9.17) is 27.9 Å². The Hall–Kier alpha value is -3.07. The molecule has 1 fully saturated rings. The molecule has 0 spiro atoms. The molecular formula is C26H24Cl2N4O3S. The fourth-order valence-electron chi connectivity index (χ4n) is 4.02. The second-order valence-corrected chi connectivity index (χ2v) is 10.4. The zero-order valence-electron chi connectivity index (χ0n) is 19.9. The monoisotopic (exact) mass is 542 g/mol. The molecule has 2 aromatic carbocycles. The Kier molecular flexibility index (Phi) is 8.18. The highest BCUT2D eigenvalue weighted by molar-refractivity contribution is 8.15. The second kappa shape index (κ2) is 11.3.